The highest BCUT2D eigenvalue weighted by atomic mass is 19.4. The molecule has 0 radical (unpaired) electrons. The molecule has 4 heterocycles. The van der Waals surface area contributed by atoms with Crippen molar-refractivity contribution in [2.45, 2.75) is 43.8 Å². The van der Waals surface area contributed by atoms with Gasteiger partial charge < -0.3 is 15.1 Å². The number of carbonyl (C=O) groups is 3. The molecule has 2 saturated heterocycles. The smallest absolute Gasteiger partial charge is 0.475 e. The largest absolute Gasteiger partial charge is 0.490 e. The summed E-state index contributed by atoms with van der Waals surface area (Å²) in [5, 5.41) is 18.4. The van der Waals surface area contributed by atoms with Crippen molar-refractivity contribution in [3.63, 3.8) is 0 Å². The Bertz CT molecular complexity index is 1050. The van der Waals surface area contributed by atoms with Crippen LogP contribution in [0, 0.1) is 0 Å². The summed E-state index contributed by atoms with van der Waals surface area (Å²) < 4.78 is 65.2. The van der Waals surface area contributed by atoms with Crippen LogP contribution in [0.5, 0.6) is 0 Å². The zero-order valence-corrected chi connectivity index (χ0v) is 19.3. The van der Waals surface area contributed by atoms with Crippen molar-refractivity contribution < 1.29 is 50.9 Å². The molecule has 2 aliphatic rings. The number of fused-ring (bicyclic) bond motifs is 1. The predicted molar refractivity (Wildman–Crippen MR) is 113 cm³/mol. The number of amides is 1. The van der Waals surface area contributed by atoms with E-state index in [0.29, 0.717) is 17.6 Å². The lowest BCUT2D eigenvalue weighted by Gasteiger charge is -2.25. The van der Waals surface area contributed by atoms with Gasteiger partial charge in [0.05, 0.1) is 11.8 Å². The van der Waals surface area contributed by atoms with Crippen LogP contribution in [0.4, 0.5) is 26.3 Å². The van der Waals surface area contributed by atoms with Crippen molar-refractivity contribution in [2.75, 3.05) is 13.1 Å². The van der Waals surface area contributed by atoms with Crippen LogP contribution in [0.2, 0.25) is 0 Å². The Hall–Kier alpha value is -3.69. The fraction of sp³-hybridized carbons (Fsp3) is 0.476. The number of likely N-dealkylation sites (tertiary alicyclic amines) is 2. The number of hydrogen-bond donors (Lipinski definition) is 2. The number of aromatic nitrogens is 3. The van der Waals surface area contributed by atoms with E-state index in [2.05, 4.69) is 27.1 Å². The first kappa shape index (κ1) is 29.5. The average molecular weight is 539 g/mol. The van der Waals surface area contributed by atoms with Crippen LogP contribution < -0.4 is 0 Å². The Morgan fingerprint density at radius 3 is 1.92 bits per heavy atom. The van der Waals surface area contributed by atoms with Crippen molar-refractivity contribution in [2.24, 2.45) is 7.05 Å². The monoisotopic (exact) mass is 539 g/mol. The van der Waals surface area contributed by atoms with Gasteiger partial charge in [0.2, 0.25) is 0 Å². The summed E-state index contributed by atoms with van der Waals surface area (Å²) in [6.45, 7) is 2.84. The Morgan fingerprint density at radius 1 is 0.946 bits per heavy atom. The molecular formula is C21H23F6N5O5. The molecule has 1 amide bonds. The lowest BCUT2D eigenvalue weighted by molar-refractivity contribution is -0.193. The van der Waals surface area contributed by atoms with Crippen LogP contribution in [0.1, 0.15) is 28.8 Å². The lowest BCUT2D eigenvalue weighted by atomic mass is 10.1. The standard InChI is InChI=1S/C17H21N5O.2C2HF3O2/c1-20-12-14(10-19-20)17(23)22-9-5-15-16(22)4-8-21(15)11-13-2-6-18-7-3-13;2*3-2(4,5)1(6)7/h2-3,6-7,10,12,15-16H,4-5,8-9,11H2,1H3;2*(H,6,7)/t15-,16+;;/m1../s1. The molecule has 0 aromatic carbocycles. The SMILES string of the molecule is Cn1cc(C(=O)N2CC[C@@H]3[C@@H]2CCN3Cc2ccncc2)cn1.O=C(O)C(F)(F)F.O=C(O)C(F)(F)F. The van der Waals surface area contributed by atoms with Crippen molar-refractivity contribution in [1.29, 1.82) is 0 Å². The maximum absolute atomic E-state index is 12.7. The molecule has 10 nitrogen and oxygen atoms in total. The topological polar surface area (TPSA) is 129 Å². The molecule has 204 valence electrons. The van der Waals surface area contributed by atoms with Crippen LogP contribution in [-0.2, 0) is 23.2 Å². The highest BCUT2D eigenvalue weighted by Gasteiger charge is 2.44. The molecule has 0 bridgehead atoms. The van der Waals surface area contributed by atoms with Gasteiger partial charge in [-0.25, -0.2) is 9.59 Å². The van der Waals surface area contributed by atoms with Gasteiger partial charge in [-0.1, -0.05) is 0 Å². The number of carbonyl (C=O) groups excluding carboxylic acids is 1. The van der Waals surface area contributed by atoms with Crippen molar-refractivity contribution in [3.8, 4) is 0 Å². The minimum Gasteiger partial charge on any atom is -0.475 e. The third-order valence-electron chi connectivity index (χ3n) is 5.52. The second-order valence-corrected chi connectivity index (χ2v) is 8.05. The number of halogens is 6. The van der Waals surface area contributed by atoms with Crippen molar-refractivity contribution in [1.82, 2.24) is 24.6 Å². The van der Waals surface area contributed by atoms with E-state index in [1.165, 1.54) is 5.56 Å². The molecule has 0 saturated carbocycles. The number of hydrogen-bond acceptors (Lipinski definition) is 6. The van der Waals surface area contributed by atoms with Crippen molar-refractivity contribution >= 4 is 17.8 Å². The van der Waals surface area contributed by atoms with Crippen LogP contribution in [0.25, 0.3) is 0 Å². The minimum atomic E-state index is -5.08. The highest BCUT2D eigenvalue weighted by molar-refractivity contribution is 5.94. The van der Waals surface area contributed by atoms with E-state index in [4.69, 9.17) is 19.8 Å². The molecule has 2 aromatic rings. The Morgan fingerprint density at radius 2 is 1.46 bits per heavy atom. The van der Waals surface area contributed by atoms with E-state index in [0.717, 1.165) is 32.5 Å². The quantitative estimate of drug-likeness (QED) is 0.570. The summed E-state index contributed by atoms with van der Waals surface area (Å²) in [6, 6.07) is 4.95. The van der Waals surface area contributed by atoms with Gasteiger partial charge in [-0.05, 0) is 30.5 Å². The number of nitrogens with zero attached hydrogens (tertiary/aromatic N) is 5. The third-order valence-corrected chi connectivity index (χ3v) is 5.52. The molecule has 0 spiro atoms. The summed E-state index contributed by atoms with van der Waals surface area (Å²) >= 11 is 0. The molecule has 0 aliphatic carbocycles. The molecule has 0 unspecified atom stereocenters. The van der Waals surface area contributed by atoms with Crippen LogP contribution in [-0.4, -0.2) is 90.1 Å². The maximum atomic E-state index is 12.7. The van der Waals surface area contributed by atoms with E-state index in [1.807, 2.05) is 24.3 Å². The second-order valence-electron chi connectivity index (χ2n) is 8.05. The van der Waals surface area contributed by atoms with E-state index in [9.17, 15) is 31.1 Å². The number of rotatable bonds is 3. The van der Waals surface area contributed by atoms with Gasteiger partial charge in [-0.3, -0.25) is 19.4 Å². The molecule has 37 heavy (non-hydrogen) atoms. The third kappa shape index (κ3) is 8.44. The predicted octanol–water partition coefficient (Wildman–Crippen LogP) is 2.57. The first-order valence-corrected chi connectivity index (χ1v) is 10.6. The van der Waals surface area contributed by atoms with Crippen LogP contribution >= 0.6 is 0 Å². The van der Waals surface area contributed by atoms with Crippen LogP contribution in [0.15, 0.2) is 36.9 Å². The van der Waals surface area contributed by atoms with Gasteiger partial charge in [0.15, 0.2) is 0 Å². The van der Waals surface area contributed by atoms with Gasteiger partial charge in [0.25, 0.3) is 5.91 Å². The van der Waals surface area contributed by atoms with Gasteiger partial charge in [0, 0.05) is 57.4 Å². The van der Waals surface area contributed by atoms with Crippen LogP contribution in [0.3, 0.4) is 0 Å². The first-order chi connectivity index (χ1) is 17.1. The number of carboxylic acids is 2. The Balaban J connectivity index is 0.000000286. The molecule has 4 rings (SSSR count). The number of aliphatic carboxylic acids is 2. The number of pyridine rings is 1. The number of carboxylic acid groups (broad SMARTS) is 2. The lowest BCUT2D eigenvalue weighted by Crippen LogP contribution is -2.39. The van der Waals surface area contributed by atoms with Gasteiger partial charge in [-0.15, -0.1) is 0 Å². The maximum Gasteiger partial charge on any atom is 0.490 e. The fourth-order valence-electron chi connectivity index (χ4n) is 3.94. The minimum absolute atomic E-state index is 0.122. The highest BCUT2D eigenvalue weighted by Crippen LogP contribution is 2.33. The van der Waals surface area contributed by atoms with Gasteiger partial charge in [0.1, 0.15) is 0 Å². The van der Waals surface area contributed by atoms with E-state index in [1.54, 1.807) is 17.1 Å². The van der Waals surface area contributed by atoms with E-state index < -0.39 is 24.3 Å². The summed E-state index contributed by atoms with van der Waals surface area (Å²) in [7, 11) is 1.84. The second kappa shape index (κ2) is 12.0. The summed E-state index contributed by atoms with van der Waals surface area (Å²) in [5.74, 6) is -5.39. The van der Waals surface area contributed by atoms with Gasteiger partial charge in [-0.2, -0.15) is 31.4 Å². The zero-order valence-electron chi connectivity index (χ0n) is 19.3. The molecule has 2 N–H and O–H groups in total. The number of alkyl halides is 6. The molecule has 2 aliphatic heterocycles. The summed E-state index contributed by atoms with van der Waals surface area (Å²) in [6.07, 6.45) is -0.895. The van der Waals surface area contributed by atoms with Gasteiger partial charge >= 0.3 is 24.3 Å². The normalized spacial score (nSPS) is 19.3. The molecule has 2 atom stereocenters. The van der Waals surface area contributed by atoms with Crippen molar-refractivity contribution in [3.05, 3.63) is 48.0 Å². The Kier molecular flexibility index (Phi) is 9.61. The molecule has 2 aromatic heterocycles. The average Bonchev–Trinajstić information content (AvgIpc) is 3.51. The molecular weight excluding hydrogens is 516 g/mol. The zero-order chi connectivity index (χ0) is 28.0. The van der Waals surface area contributed by atoms with E-state index >= 15 is 0 Å². The molecule has 16 heteroatoms. The molecule has 2 fully saturated rings. The Labute approximate surface area is 206 Å². The summed E-state index contributed by atoms with van der Waals surface area (Å²) in [5.41, 5.74) is 1.98. The fourth-order valence-corrected chi connectivity index (χ4v) is 3.94. The number of aryl methyl sites for hydroxylation is 1. The summed E-state index contributed by atoms with van der Waals surface area (Å²) in [4.78, 5) is 39.1. The first-order valence-electron chi connectivity index (χ1n) is 10.6. The van der Waals surface area contributed by atoms with E-state index in [-0.39, 0.29) is 5.91 Å².